The maximum atomic E-state index is 12.1. The van der Waals surface area contributed by atoms with Crippen LogP contribution in [-0.4, -0.2) is 65.2 Å². The van der Waals surface area contributed by atoms with Crippen LogP contribution < -0.4 is 0 Å². The Bertz CT molecular complexity index is 1270. The Morgan fingerprint density at radius 2 is 1.62 bits per heavy atom. The van der Waals surface area contributed by atoms with Crippen LogP contribution in [-0.2, 0) is 44.3 Å². The van der Waals surface area contributed by atoms with E-state index in [0.717, 1.165) is 42.6 Å². The molecule has 1 N–H and O–H groups in total. The first-order chi connectivity index (χ1) is 18.9. The van der Waals surface area contributed by atoms with Crippen LogP contribution >= 0.6 is 0 Å². The lowest BCUT2D eigenvalue weighted by Crippen LogP contribution is -2.32. The lowest BCUT2D eigenvalue weighted by atomic mass is 9.76. The van der Waals surface area contributed by atoms with Gasteiger partial charge in [-0.15, -0.1) is 5.06 Å². The summed E-state index contributed by atoms with van der Waals surface area (Å²) in [6.45, 7) is 6.91. The van der Waals surface area contributed by atoms with E-state index in [1.807, 2.05) is 6.92 Å². The highest BCUT2D eigenvalue weighted by atomic mass is 32.2. The Morgan fingerprint density at radius 3 is 2.25 bits per heavy atom. The van der Waals surface area contributed by atoms with Crippen molar-refractivity contribution in [2.24, 2.45) is 0 Å². The minimum atomic E-state index is -4.38. The Hall–Kier alpha value is -3.12. The molecule has 1 unspecified atom stereocenters. The zero-order chi connectivity index (χ0) is 29.5. The van der Waals surface area contributed by atoms with E-state index in [-0.39, 0.29) is 30.1 Å². The summed E-state index contributed by atoms with van der Waals surface area (Å²) in [5.41, 5.74) is 2.28. The lowest BCUT2D eigenvalue weighted by Gasteiger charge is -2.22. The molecule has 12 heteroatoms. The van der Waals surface area contributed by atoms with Crippen molar-refractivity contribution in [3.05, 3.63) is 23.8 Å². The van der Waals surface area contributed by atoms with E-state index in [0.29, 0.717) is 43.9 Å². The largest absolute Gasteiger partial charge is 0.466 e. The van der Waals surface area contributed by atoms with Gasteiger partial charge in [0.05, 0.1) is 16.9 Å². The van der Waals surface area contributed by atoms with Crippen molar-refractivity contribution in [3.63, 3.8) is 0 Å². The van der Waals surface area contributed by atoms with Crippen molar-refractivity contribution in [3.8, 4) is 0 Å². The SMILES string of the molecule is CCOC(=O)CCCCC[N+]1=C(C)C(C)(CCCCCC(=O)ON2C(=O)CCC2=O)c2cc(S(=O)(=O)O)ccc21. The van der Waals surface area contributed by atoms with E-state index in [1.165, 1.54) is 12.1 Å². The third-order valence-electron chi connectivity index (χ3n) is 7.68. The molecule has 40 heavy (non-hydrogen) atoms. The van der Waals surface area contributed by atoms with E-state index in [2.05, 4.69) is 11.5 Å². The predicted molar refractivity (Wildman–Crippen MR) is 144 cm³/mol. The summed E-state index contributed by atoms with van der Waals surface area (Å²) in [5.74, 6) is -1.85. The van der Waals surface area contributed by atoms with Gasteiger partial charge in [0.15, 0.2) is 5.71 Å². The fourth-order valence-electron chi connectivity index (χ4n) is 5.31. The lowest BCUT2D eigenvalue weighted by molar-refractivity contribution is -0.439. The number of amides is 2. The van der Waals surface area contributed by atoms with Gasteiger partial charge < -0.3 is 9.57 Å². The molecule has 0 spiro atoms. The standard InChI is InChI=1S/C28H38N2O9S/c1-4-38-26(33)11-8-6-10-18-29-20(2)28(3,22-19-21(40(35,36)37)13-14-23(22)29)17-9-5-7-12-27(34)39-30-24(31)15-16-25(30)32/h13-14,19H,4-12,15-18H2,1-3H3/p+1. The number of esters is 1. The van der Waals surface area contributed by atoms with Gasteiger partial charge in [-0.2, -0.15) is 13.0 Å². The number of benzene rings is 1. The summed E-state index contributed by atoms with van der Waals surface area (Å²) in [7, 11) is -4.38. The normalized spacial score (nSPS) is 18.9. The summed E-state index contributed by atoms with van der Waals surface area (Å²) in [4.78, 5) is 51.7. The van der Waals surface area contributed by atoms with E-state index >= 15 is 0 Å². The minimum Gasteiger partial charge on any atom is -0.466 e. The molecule has 0 radical (unpaired) electrons. The van der Waals surface area contributed by atoms with Crippen LogP contribution in [0.25, 0.3) is 0 Å². The number of hydroxylamine groups is 2. The number of carbonyl (C=O) groups excluding carboxylic acids is 4. The quantitative estimate of drug-likeness (QED) is 0.107. The number of rotatable bonds is 15. The molecule has 2 aliphatic heterocycles. The summed E-state index contributed by atoms with van der Waals surface area (Å²) in [6.07, 6.45) is 5.52. The van der Waals surface area contributed by atoms with E-state index in [9.17, 15) is 32.1 Å². The molecule has 0 bridgehead atoms. The maximum absolute atomic E-state index is 12.1. The molecule has 0 saturated carbocycles. The molecule has 0 aliphatic carbocycles. The molecule has 1 saturated heterocycles. The molecular weight excluding hydrogens is 540 g/mol. The molecule has 2 amide bonds. The third kappa shape index (κ3) is 7.54. The third-order valence-corrected chi connectivity index (χ3v) is 8.53. The molecule has 3 rings (SSSR count). The first kappa shape index (κ1) is 31.4. The van der Waals surface area contributed by atoms with Crippen molar-refractivity contribution in [1.29, 1.82) is 0 Å². The molecule has 1 atom stereocenters. The van der Waals surface area contributed by atoms with Gasteiger partial charge in [0.2, 0.25) is 5.69 Å². The molecule has 220 valence electrons. The molecular formula is C28H39N2O9S+. The van der Waals surface area contributed by atoms with Gasteiger partial charge in [0.25, 0.3) is 21.9 Å². The zero-order valence-electron chi connectivity index (χ0n) is 23.4. The van der Waals surface area contributed by atoms with Crippen molar-refractivity contribution in [2.45, 2.75) is 102 Å². The summed E-state index contributed by atoms with van der Waals surface area (Å²) in [5, 5.41) is 0.551. The van der Waals surface area contributed by atoms with Crippen LogP contribution in [0.4, 0.5) is 5.69 Å². The van der Waals surface area contributed by atoms with Crippen LogP contribution in [0.1, 0.15) is 97.0 Å². The van der Waals surface area contributed by atoms with Gasteiger partial charge in [-0.05, 0) is 51.7 Å². The topological polar surface area (TPSA) is 147 Å². The van der Waals surface area contributed by atoms with Gasteiger partial charge in [-0.25, -0.2) is 4.79 Å². The van der Waals surface area contributed by atoms with Crippen LogP contribution in [0.5, 0.6) is 0 Å². The van der Waals surface area contributed by atoms with Gasteiger partial charge in [0, 0.05) is 50.7 Å². The van der Waals surface area contributed by atoms with Crippen molar-refractivity contribution < 1.29 is 46.3 Å². The number of nitrogens with zero attached hydrogens (tertiary/aromatic N) is 2. The average Bonchev–Trinajstić information content (AvgIpc) is 3.31. The van der Waals surface area contributed by atoms with Crippen LogP contribution in [0, 0.1) is 0 Å². The number of ether oxygens (including phenoxy) is 1. The summed E-state index contributed by atoms with van der Waals surface area (Å²) >= 11 is 0. The fraction of sp³-hybridized carbons (Fsp3) is 0.607. The summed E-state index contributed by atoms with van der Waals surface area (Å²) in [6, 6.07) is 4.67. The molecule has 1 fully saturated rings. The number of imide groups is 1. The maximum Gasteiger partial charge on any atom is 0.333 e. The van der Waals surface area contributed by atoms with Crippen molar-refractivity contribution >= 4 is 45.3 Å². The number of carbonyl (C=O) groups is 4. The number of hydrogen-bond acceptors (Lipinski definition) is 8. The number of hydrogen-bond donors (Lipinski definition) is 1. The highest BCUT2D eigenvalue weighted by Crippen LogP contribution is 2.44. The predicted octanol–water partition coefficient (Wildman–Crippen LogP) is 3.99. The van der Waals surface area contributed by atoms with Gasteiger partial charge in [-0.1, -0.05) is 12.8 Å². The van der Waals surface area contributed by atoms with Crippen molar-refractivity contribution in [2.75, 3.05) is 13.2 Å². The van der Waals surface area contributed by atoms with Gasteiger partial charge in [-0.3, -0.25) is 18.9 Å². The molecule has 2 aliphatic rings. The van der Waals surface area contributed by atoms with Crippen molar-refractivity contribution in [1.82, 2.24) is 5.06 Å². The molecule has 0 aromatic heterocycles. The fourth-order valence-corrected chi connectivity index (χ4v) is 5.82. The highest BCUT2D eigenvalue weighted by Gasteiger charge is 2.46. The monoisotopic (exact) mass is 579 g/mol. The van der Waals surface area contributed by atoms with Gasteiger partial charge >= 0.3 is 11.9 Å². The zero-order valence-corrected chi connectivity index (χ0v) is 24.3. The summed E-state index contributed by atoms with van der Waals surface area (Å²) < 4.78 is 40.6. The van der Waals surface area contributed by atoms with E-state index in [4.69, 9.17) is 9.57 Å². The van der Waals surface area contributed by atoms with Crippen LogP contribution in [0.3, 0.4) is 0 Å². The minimum absolute atomic E-state index is 0.0475. The second kappa shape index (κ2) is 13.5. The first-order valence-electron chi connectivity index (χ1n) is 13.8. The number of unbranched alkanes of at least 4 members (excludes halogenated alkanes) is 4. The van der Waals surface area contributed by atoms with Crippen LogP contribution in [0.2, 0.25) is 0 Å². The Kier molecular flexibility index (Phi) is 10.6. The highest BCUT2D eigenvalue weighted by molar-refractivity contribution is 7.85. The Labute approximate surface area is 235 Å². The Morgan fingerprint density at radius 1 is 1.00 bits per heavy atom. The molecule has 11 nitrogen and oxygen atoms in total. The van der Waals surface area contributed by atoms with Crippen LogP contribution in [0.15, 0.2) is 23.1 Å². The molecule has 1 aromatic rings. The van der Waals surface area contributed by atoms with Gasteiger partial charge in [0.1, 0.15) is 6.54 Å². The second-order valence-corrected chi connectivity index (χ2v) is 11.9. The van der Waals surface area contributed by atoms with E-state index in [1.54, 1.807) is 13.0 Å². The first-order valence-corrected chi connectivity index (χ1v) is 15.3. The van der Waals surface area contributed by atoms with E-state index < -0.39 is 33.3 Å². The smallest absolute Gasteiger partial charge is 0.333 e. The number of fused-ring (bicyclic) bond motifs is 1. The molecule has 1 aromatic carbocycles. The molecule has 2 heterocycles. The second-order valence-electron chi connectivity index (χ2n) is 10.4. The average molecular weight is 580 g/mol. The Balaban J connectivity index is 1.62.